The molecule has 0 bridgehead atoms. The molecule has 0 amide bonds. The van der Waals surface area contributed by atoms with E-state index in [4.69, 9.17) is 4.84 Å². The SMILES string of the molecule is CCCCCCCCCCCCC(CCCCCCCCCCCC)O[N+](=O)[O-]. The highest BCUT2D eigenvalue weighted by Crippen LogP contribution is 2.18. The maximum Gasteiger partial charge on any atom is 0.294 e. The molecular weight excluding hydrogens is 362 g/mol. The first-order valence-corrected chi connectivity index (χ1v) is 13.0. The smallest absolute Gasteiger partial charge is 0.294 e. The summed E-state index contributed by atoms with van der Waals surface area (Å²) in [4.78, 5) is 15.7. The van der Waals surface area contributed by atoms with Crippen LogP contribution in [0.25, 0.3) is 0 Å². The van der Waals surface area contributed by atoms with E-state index in [0.717, 1.165) is 25.7 Å². The zero-order valence-electron chi connectivity index (χ0n) is 19.8. The summed E-state index contributed by atoms with van der Waals surface area (Å²) in [6.07, 6.45) is 27.5. The van der Waals surface area contributed by atoms with Crippen molar-refractivity contribution in [1.29, 1.82) is 0 Å². The molecule has 0 rings (SSSR count). The maximum absolute atomic E-state index is 10.8. The highest BCUT2D eigenvalue weighted by molar-refractivity contribution is 4.59. The van der Waals surface area contributed by atoms with Gasteiger partial charge in [0.1, 0.15) is 6.10 Å². The van der Waals surface area contributed by atoms with Gasteiger partial charge in [0, 0.05) is 0 Å². The summed E-state index contributed by atoms with van der Waals surface area (Å²) < 4.78 is 0. The van der Waals surface area contributed by atoms with Crippen LogP contribution in [-0.4, -0.2) is 11.2 Å². The van der Waals surface area contributed by atoms with E-state index in [1.165, 1.54) is 116 Å². The molecule has 0 N–H and O–H groups in total. The minimum absolute atomic E-state index is 0.187. The molecule has 0 saturated carbocycles. The molecule has 0 spiro atoms. The summed E-state index contributed by atoms with van der Waals surface area (Å²) in [7, 11) is 0. The van der Waals surface area contributed by atoms with Crippen LogP contribution in [0.15, 0.2) is 0 Å². The van der Waals surface area contributed by atoms with Crippen molar-refractivity contribution in [2.24, 2.45) is 0 Å². The lowest BCUT2D eigenvalue weighted by Gasteiger charge is -2.14. The summed E-state index contributed by atoms with van der Waals surface area (Å²) in [5, 5.41) is 10.2. The Balaban J connectivity index is 3.56. The van der Waals surface area contributed by atoms with Crippen molar-refractivity contribution in [1.82, 2.24) is 0 Å². The number of unbranched alkanes of at least 4 members (excludes halogenated alkanes) is 18. The van der Waals surface area contributed by atoms with Crippen LogP contribution in [0.3, 0.4) is 0 Å². The first kappa shape index (κ1) is 28.2. The van der Waals surface area contributed by atoms with Gasteiger partial charge < -0.3 is 4.84 Å². The molecular formula is C25H51NO3. The maximum atomic E-state index is 10.8. The molecule has 0 fully saturated rings. The van der Waals surface area contributed by atoms with E-state index in [0.29, 0.717) is 0 Å². The molecule has 0 aromatic carbocycles. The number of hydrogen-bond donors (Lipinski definition) is 0. The van der Waals surface area contributed by atoms with Gasteiger partial charge in [-0.2, -0.15) is 0 Å². The largest absolute Gasteiger partial charge is 0.311 e. The van der Waals surface area contributed by atoms with Crippen molar-refractivity contribution >= 4 is 0 Å². The highest BCUT2D eigenvalue weighted by atomic mass is 17.0. The molecule has 4 nitrogen and oxygen atoms in total. The Morgan fingerprint density at radius 2 is 0.828 bits per heavy atom. The third kappa shape index (κ3) is 23.3. The molecule has 0 unspecified atom stereocenters. The Labute approximate surface area is 181 Å². The van der Waals surface area contributed by atoms with E-state index in [-0.39, 0.29) is 6.10 Å². The Bertz CT molecular complexity index is 312. The lowest BCUT2D eigenvalue weighted by Crippen LogP contribution is -2.17. The normalized spacial score (nSPS) is 11.3. The van der Waals surface area contributed by atoms with Crippen LogP contribution in [0.1, 0.15) is 155 Å². The van der Waals surface area contributed by atoms with Gasteiger partial charge in [-0.3, -0.25) is 0 Å². The molecule has 0 aliphatic heterocycles. The van der Waals surface area contributed by atoms with Gasteiger partial charge in [0.05, 0.1) is 0 Å². The monoisotopic (exact) mass is 413 g/mol. The standard InChI is InChI=1S/C25H51NO3/c1-3-5-7-9-11-13-15-17-19-21-23-25(29-26(27)28)24-22-20-18-16-14-12-10-8-6-4-2/h25H,3-24H2,1-2H3. The molecule has 0 aromatic rings. The lowest BCUT2D eigenvalue weighted by molar-refractivity contribution is -0.769. The van der Waals surface area contributed by atoms with Crippen LogP contribution >= 0.6 is 0 Å². The Morgan fingerprint density at radius 1 is 0.552 bits per heavy atom. The topological polar surface area (TPSA) is 52.4 Å². The minimum atomic E-state index is -0.586. The van der Waals surface area contributed by atoms with Crippen LogP contribution in [0.4, 0.5) is 0 Å². The first-order valence-electron chi connectivity index (χ1n) is 13.0. The first-order chi connectivity index (χ1) is 14.2. The third-order valence-electron chi connectivity index (χ3n) is 5.99. The predicted octanol–water partition coefficient (Wildman–Crippen LogP) is 9.19. The summed E-state index contributed by atoms with van der Waals surface area (Å²) in [6.45, 7) is 4.51. The van der Waals surface area contributed by atoms with E-state index in [1.807, 2.05) is 0 Å². The fourth-order valence-electron chi connectivity index (χ4n) is 4.09. The minimum Gasteiger partial charge on any atom is -0.311 e. The summed E-state index contributed by atoms with van der Waals surface area (Å²) >= 11 is 0. The number of hydrogen-bond acceptors (Lipinski definition) is 3. The van der Waals surface area contributed by atoms with Crippen molar-refractivity contribution in [3.8, 4) is 0 Å². The summed E-state index contributed by atoms with van der Waals surface area (Å²) in [5.41, 5.74) is 0. The van der Waals surface area contributed by atoms with Crippen LogP contribution in [0.5, 0.6) is 0 Å². The van der Waals surface area contributed by atoms with Crippen molar-refractivity contribution in [3.05, 3.63) is 10.1 Å². The van der Waals surface area contributed by atoms with Crippen LogP contribution in [0.2, 0.25) is 0 Å². The van der Waals surface area contributed by atoms with Crippen molar-refractivity contribution < 1.29 is 9.92 Å². The second-order valence-electron chi connectivity index (χ2n) is 8.89. The average Bonchev–Trinajstić information content (AvgIpc) is 2.70. The molecule has 0 atom stereocenters. The second kappa shape index (κ2) is 23.5. The van der Waals surface area contributed by atoms with E-state index in [1.54, 1.807) is 0 Å². The van der Waals surface area contributed by atoms with Crippen LogP contribution < -0.4 is 0 Å². The molecule has 29 heavy (non-hydrogen) atoms. The van der Waals surface area contributed by atoms with Crippen molar-refractivity contribution in [3.63, 3.8) is 0 Å². The molecule has 0 aliphatic rings. The number of rotatable bonds is 24. The Kier molecular flexibility index (Phi) is 22.8. The van der Waals surface area contributed by atoms with E-state index >= 15 is 0 Å². The predicted molar refractivity (Wildman–Crippen MR) is 125 cm³/mol. The van der Waals surface area contributed by atoms with Gasteiger partial charge in [-0.25, -0.2) is 0 Å². The summed E-state index contributed by atoms with van der Waals surface area (Å²) in [5.74, 6) is 0. The fourth-order valence-corrected chi connectivity index (χ4v) is 4.09. The molecule has 4 heteroatoms. The molecule has 0 aliphatic carbocycles. The fraction of sp³-hybridized carbons (Fsp3) is 1.00. The zero-order chi connectivity index (χ0) is 21.4. The second-order valence-corrected chi connectivity index (χ2v) is 8.89. The molecule has 0 saturated heterocycles. The highest BCUT2D eigenvalue weighted by Gasteiger charge is 2.12. The van der Waals surface area contributed by atoms with E-state index in [9.17, 15) is 10.1 Å². The molecule has 0 aromatic heterocycles. The van der Waals surface area contributed by atoms with Crippen molar-refractivity contribution in [2.45, 2.75) is 161 Å². The van der Waals surface area contributed by atoms with Gasteiger partial charge >= 0.3 is 0 Å². The quantitative estimate of drug-likeness (QED) is 0.0900. The number of nitrogens with zero attached hydrogens (tertiary/aromatic N) is 1. The third-order valence-corrected chi connectivity index (χ3v) is 5.99. The van der Waals surface area contributed by atoms with Gasteiger partial charge in [-0.1, -0.05) is 142 Å². The van der Waals surface area contributed by atoms with Gasteiger partial charge in [-0.05, 0) is 12.8 Å². The van der Waals surface area contributed by atoms with E-state index < -0.39 is 5.09 Å². The summed E-state index contributed by atoms with van der Waals surface area (Å²) in [6, 6.07) is 0. The van der Waals surface area contributed by atoms with Crippen LogP contribution in [-0.2, 0) is 4.84 Å². The van der Waals surface area contributed by atoms with Crippen LogP contribution in [0, 0.1) is 10.1 Å². The lowest BCUT2D eigenvalue weighted by atomic mass is 10.0. The van der Waals surface area contributed by atoms with Gasteiger partial charge in [0.2, 0.25) is 0 Å². The van der Waals surface area contributed by atoms with Gasteiger partial charge in [0.15, 0.2) is 0 Å². The average molecular weight is 414 g/mol. The van der Waals surface area contributed by atoms with Gasteiger partial charge in [-0.15, -0.1) is 10.1 Å². The Morgan fingerprint density at radius 3 is 1.10 bits per heavy atom. The Hall–Kier alpha value is -0.800. The van der Waals surface area contributed by atoms with Crippen molar-refractivity contribution in [2.75, 3.05) is 0 Å². The van der Waals surface area contributed by atoms with Gasteiger partial charge in [0.25, 0.3) is 5.09 Å². The zero-order valence-corrected chi connectivity index (χ0v) is 19.8. The molecule has 0 heterocycles. The molecule has 0 radical (unpaired) electrons. The van der Waals surface area contributed by atoms with E-state index in [2.05, 4.69) is 13.8 Å². The molecule has 174 valence electrons.